The van der Waals surface area contributed by atoms with Gasteiger partial charge in [0.2, 0.25) is 0 Å². The fourth-order valence-electron chi connectivity index (χ4n) is 2.12. The number of anilines is 1. The average molecular weight is 236 g/mol. The van der Waals surface area contributed by atoms with Crippen LogP contribution in [0, 0.1) is 0 Å². The number of hydrogen-bond acceptors (Lipinski definition) is 4. The van der Waals surface area contributed by atoms with E-state index in [4.69, 9.17) is 9.84 Å². The molecule has 0 aliphatic carbocycles. The maximum absolute atomic E-state index is 10.9. The number of pyridine rings is 1. The van der Waals surface area contributed by atoms with Crippen molar-refractivity contribution in [1.82, 2.24) is 4.98 Å². The highest BCUT2D eigenvalue weighted by Crippen LogP contribution is 2.20. The van der Waals surface area contributed by atoms with E-state index in [-0.39, 0.29) is 17.9 Å². The van der Waals surface area contributed by atoms with Crippen LogP contribution in [0.25, 0.3) is 0 Å². The molecule has 5 heteroatoms. The Morgan fingerprint density at radius 3 is 2.71 bits per heavy atom. The fourth-order valence-corrected chi connectivity index (χ4v) is 2.12. The van der Waals surface area contributed by atoms with E-state index in [1.807, 2.05) is 19.9 Å². The molecule has 1 aliphatic heterocycles. The molecule has 2 heterocycles. The van der Waals surface area contributed by atoms with Crippen LogP contribution in [0.4, 0.5) is 5.69 Å². The predicted molar refractivity (Wildman–Crippen MR) is 63.4 cm³/mol. The van der Waals surface area contributed by atoms with Gasteiger partial charge in [-0.2, -0.15) is 0 Å². The van der Waals surface area contributed by atoms with E-state index in [9.17, 15) is 4.79 Å². The van der Waals surface area contributed by atoms with Gasteiger partial charge in [-0.25, -0.2) is 9.78 Å². The Labute approximate surface area is 100 Å². The van der Waals surface area contributed by atoms with Gasteiger partial charge in [0.25, 0.3) is 0 Å². The smallest absolute Gasteiger partial charge is 0.354 e. The molecule has 0 aromatic carbocycles. The summed E-state index contributed by atoms with van der Waals surface area (Å²) < 4.78 is 5.64. The van der Waals surface area contributed by atoms with Crippen LogP contribution < -0.4 is 4.90 Å². The summed E-state index contributed by atoms with van der Waals surface area (Å²) in [6.45, 7) is 5.57. The molecule has 1 aliphatic rings. The standard InChI is InChI=1S/C12H16N2O3/c1-8-6-14(7-9(2)17-8)10-3-4-13-11(5-10)12(15)16/h3-5,8-9H,6-7H2,1-2H3,(H,15,16)/t8-,9-/m1/s1. The minimum Gasteiger partial charge on any atom is -0.477 e. The summed E-state index contributed by atoms with van der Waals surface area (Å²) in [5.74, 6) is -0.999. The summed E-state index contributed by atoms with van der Waals surface area (Å²) in [7, 11) is 0. The topological polar surface area (TPSA) is 62.7 Å². The lowest BCUT2D eigenvalue weighted by atomic mass is 10.2. The van der Waals surface area contributed by atoms with Gasteiger partial charge in [-0.3, -0.25) is 0 Å². The molecule has 0 unspecified atom stereocenters. The summed E-state index contributed by atoms with van der Waals surface area (Å²) >= 11 is 0. The fraction of sp³-hybridized carbons (Fsp3) is 0.500. The van der Waals surface area contributed by atoms with Crippen molar-refractivity contribution in [2.24, 2.45) is 0 Å². The average Bonchev–Trinajstić information content (AvgIpc) is 2.28. The zero-order valence-corrected chi connectivity index (χ0v) is 9.96. The third-order valence-electron chi connectivity index (χ3n) is 2.75. The number of rotatable bonds is 2. The third-order valence-corrected chi connectivity index (χ3v) is 2.75. The van der Waals surface area contributed by atoms with Gasteiger partial charge in [0.15, 0.2) is 0 Å². The van der Waals surface area contributed by atoms with Crippen molar-refractivity contribution in [1.29, 1.82) is 0 Å². The van der Waals surface area contributed by atoms with E-state index in [2.05, 4.69) is 9.88 Å². The van der Waals surface area contributed by atoms with Gasteiger partial charge >= 0.3 is 5.97 Å². The maximum atomic E-state index is 10.9. The molecule has 92 valence electrons. The van der Waals surface area contributed by atoms with Crippen molar-refractivity contribution in [2.45, 2.75) is 26.1 Å². The number of morpholine rings is 1. The second kappa shape index (κ2) is 4.71. The van der Waals surface area contributed by atoms with E-state index >= 15 is 0 Å². The number of aromatic nitrogens is 1. The van der Waals surface area contributed by atoms with Crippen LogP contribution >= 0.6 is 0 Å². The highest BCUT2D eigenvalue weighted by molar-refractivity contribution is 5.86. The number of ether oxygens (including phenoxy) is 1. The molecule has 0 amide bonds. The van der Waals surface area contributed by atoms with Crippen molar-refractivity contribution in [2.75, 3.05) is 18.0 Å². The molecule has 5 nitrogen and oxygen atoms in total. The summed E-state index contributed by atoms with van der Waals surface area (Å²) in [4.78, 5) is 16.8. The molecule has 1 aromatic rings. The molecule has 2 atom stereocenters. The lowest BCUT2D eigenvalue weighted by molar-refractivity contribution is -0.00522. The monoisotopic (exact) mass is 236 g/mol. The third kappa shape index (κ3) is 2.74. The number of hydrogen-bond donors (Lipinski definition) is 1. The van der Waals surface area contributed by atoms with Gasteiger partial charge in [0, 0.05) is 25.0 Å². The zero-order valence-electron chi connectivity index (χ0n) is 9.96. The zero-order chi connectivity index (χ0) is 12.4. The van der Waals surface area contributed by atoms with Crippen molar-refractivity contribution >= 4 is 11.7 Å². The van der Waals surface area contributed by atoms with Gasteiger partial charge in [0.1, 0.15) is 5.69 Å². The molecule has 0 bridgehead atoms. The quantitative estimate of drug-likeness (QED) is 0.840. The SMILES string of the molecule is C[C@@H]1CN(c2ccnc(C(=O)O)c2)C[C@@H](C)O1. The lowest BCUT2D eigenvalue weighted by Gasteiger charge is -2.36. The van der Waals surface area contributed by atoms with Gasteiger partial charge in [-0.15, -0.1) is 0 Å². The molecule has 1 N–H and O–H groups in total. The minimum atomic E-state index is -0.999. The van der Waals surface area contributed by atoms with Crippen LogP contribution in [0.15, 0.2) is 18.3 Å². The van der Waals surface area contributed by atoms with Crippen LogP contribution in [0.1, 0.15) is 24.3 Å². The molecule has 1 aromatic heterocycles. The van der Waals surface area contributed by atoms with Crippen LogP contribution in [0.2, 0.25) is 0 Å². The second-order valence-electron chi connectivity index (χ2n) is 4.37. The van der Waals surface area contributed by atoms with Gasteiger partial charge in [-0.1, -0.05) is 0 Å². The van der Waals surface area contributed by atoms with E-state index in [1.165, 1.54) is 6.20 Å². The molecule has 0 spiro atoms. The van der Waals surface area contributed by atoms with Crippen LogP contribution in [-0.2, 0) is 4.74 Å². The normalized spacial score (nSPS) is 24.7. The van der Waals surface area contributed by atoms with Gasteiger partial charge in [-0.05, 0) is 26.0 Å². The highest BCUT2D eigenvalue weighted by atomic mass is 16.5. The first-order chi connectivity index (χ1) is 8.06. The first-order valence-electron chi connectivity index (χ1n) is 5.66. The van der Waals surface area contributed by atoms with E-state index < -0.39 is 5.97 Å². The van der Waals surface area contributed by atoms with Crippen molar-refractivity contribution in [3.05, 3.63) is 24.0 Å². The Hall–Kier alpha value is -1.62. The molecule has 1 fully saturated rings. The Morgan fingerprint density at radius 2 is 2.12 bits per heavy atom. The molecular formula is C12H16N2O3. The second-order valence-corrected chi connectivity index (χ2v) is 4.37. The van der Waals surface area contributed by atoms with Crippen LogP contribution in [0.5, 0.6) is 0 Å². The number of aromatic carboxylic acids is 1. The van der Waals surface area contributed by atoms with Crippen LogP contribution in [-0.4, -0.2) is 41.4 Å². The molecule has 0 radical (unpaired) electrons. The Bertz CT molecular complexity index is 412. The summed E-state index contributed by atoms with van der Waals surface area (Å²) in [6.07, 6.45) is 1.84. The first kappa shape index (κ1) is 11.9. The lowest BCUT2D eigenvalue weighted by Crippen LogP contribution is -2.45. The van der Waals surface area contributed by atoms with E-state index in [0.717, 1.165) is 18.8 Å². The number of carbonyl (C=O) groups is 1. The number of carboxylic acids is 1. The predicted octanol–water partition coefficient (Wildman–Crippen LogP) is 1.39. The Morgan fingerprint density at radius 1 is 1.47 bits per heavy atom. The Balaban J connectivity index is 2.21. The van der Waals surface area contributed by atoms with Crippen molar-refractivity contribution in [3.8, 4) is 0 Å². The minimum absolute atomic E-state index is 0.0781. The largest absolute Gasteiger partial charge is 0.477 e. The first-order valence-corrected chi connectivity index (χ1v) is 5.66. The maximum Gasteiger partial charge on any atom is 0.354 e. The summed E-state index contributed by atoms with van der Waals surface area (Å²) in [5, 5.41) is 8.91. The molecule has 17 heavy (non-hydrogen) atoms. The molecular weight excluding hydrogens is 220 g/mol. The summed E-state index contributed by atoms with van der Waals surface area (Å²) in [6, 6.07) is 3.43. The number of carboxylic acid groups (broad SMARTS) is 1. The van der Waals surface area contributed by atoms with Crippen molar-refractivity contribution in [3.63, 3.8) is 0 Å². The summed E-state index contributed by atoms with van der Waals surface area (Å²) in [5.41, 5.74) is 0.966. The van der Waals surface area contributed by atoms with E-state index in [0.29, 0.717) is 0 Å². The van der Waals surface area contributed by atoms with E-state index in [1.54, 1.807) is 6.07 Å². The Kier molecular flexibility index (Phi) is 3.28. The molecule has 0 saturated carbocycles. The molecule has 1 saturated heterocycles. The van der Waals surface area contributed by atoms with Gasteiger partial charge in [0.05, 0.1) is 12.2 Å². The van der Waals surface area contributed by atoms with Crippen molar-refractivity contribution < 1.29 is 14.6 Å². The highest BCUT2D eigenvalue weighted by Gasteiger charge is 2.22. The number of nitrogens with zero attached hydrogens (tertiary/aromatic N) is 2. The van der Waals surface area contributed by atoms with Gasteiger partial charge < -0.3 is 14.7 Å². The van der Waals surface area contributed by atoms with Crippen LogP contribution in [0.3, 0.4) is 0 Å². The molecule has 2 rings (SSSR count).